The molecule has 5 rings (SSSR count). The Morgan fingerprint density at radius 1 is 1.28 bits per heavy atom. The van der Waals surface area contributed by atoms with Crippen molar-refractivity contribution < 1.29 is 36.0 Å². The molecular weight excluding hydrogens is 561 g/mol. The number of nitrogens with zero attached hydrogens (tertiary/aromatic N) is 1. The number of halogens is 4. The first-order valence-electron chi connectivity index (χ1n) is 12.6. The fraction of sp³-hybridized carbons (Fsp3) is 0.560. The smallest absolute Gasteiger partial charge is 0.255 e. The number of benzene rings is 1. The predicted molar refractivity (Wildman–Crippen MR) is 138 cm³/mol. The first-order valence-corrected chi connectivity index (χ1v) is 14.9. The second-order valence-electron chi connectivity index (χ2n) is 10.3. The van der Waals surface area contributed by atoms with E-state index >= 15 is 0 Å². The molecule has 1 aliphatic carbocycles. The fourth-order valence-corrected chi connectivity index (χ4v) is 6.23. The van der Waals surface area contributed by atoms with Crippen molar-refractivity contribution in [3.63, 3.8) is 0 Å². The lowest BCUT2D eigenvalue weighted by atomic mass is 9.71. The molecular formula is C25H30ClF3N4O5S. The van der Waals surface area contributed by atoms with E-state index in [1.165, 1.54) is 0 Å². The fourth-order valence-electron chi connectivity index (χ4n) is 5.63. The summed E-state index contributed by atoms with van der Waals surface area (Å²) >= 11 is 5.97. The summed E-state index contributed by atoms with van der Waals surface area (Å²) in [5, 5.41) is 6.88. The number of hydrogen-bond acceptors (Lipinski definition) is 6. The molecule has 9 nitrogen and oxygen atoms in total. The summed E-state index contributed by atoms with van der Waals surface area (Å²) < 4.78 is 67.7. The van der Waals surface area contributed by atoms with Crippen molar-refractivity contribution in [1.29, 1.82) is 0 Å². The van der Waals surface area contributed by atoms with E-state index in [1.807, 2.05) is 0 Å². The Balaban J connectivity index is 1.58. The highest BCUT2D eigenvalue weighted by molar-refractivity contribution is 7.94. The van der Waals surface area contributed by atoms with Crippen molar-refractivity contribution in [2.75, 3.05) is 24.7 Å². The van der Waals surface area contributed by atoms with Crippen LogP contribution in [-0.4, -0.2) is 74.4 Å². The number of fused-ring (bicyclic) bond motifs is 3. The maximum atomic E-state index is 15.0. The number of rotatable bonds is 9. The van der Waals surface area contributed by atoms with Crippen molar-refractivity contribution >= 4 is 44.8 Å². The molecule has 5 atom stereocenters. The molecule has 3 N–H and O–H groups in total. The van der Waals surface area contributed by atoms with Crippen molar-refractivity contribution in [3.8, 4) is 0 Å². The predicted octanol–water partition coefficient (Wildman–Crippen LogP) is 2.63. The zero-order valence-electron chi connectivity index (χ0n) is 21.1. The zero-order valence-corrected chi connectivity index (χ0v) is 22.7. The van der Waals surface area contributed by atoms with Crippen molar-refractivity contribution in [2.24, 2.45) is 11.8 Å². The number of carbonyl (C=O) groups excluding carboxylic acids is 3. The van der Waals surface area contributed by atoms with Crippen molar-refractivity contribution in [3.05, 3.63) is 40.5 Å². The molecule has 1 saturated carbocycles. The van der Waals surface area contributed by atoms with Gasteiger partial charge < -0.3 is 20.9 Å². The molecule has 2 bridgehead atoms. The summed E-state index contributed by atoms with van der Waals surface area (Å²) in [5.74, 6) is -7.20. The van der Waals surface area contributed by atoms with E-state index in [0.29, 0.717) is 42.4 Å². The molecule has 214 valence electrons. The normalized spacial score (nSPS) is 27.2. The number of carbonyl (C=O) groups is 3. The average Bonchev–Trinajstić information content (AvgIpc) is 3.25. The molecule has 3 saturated heterocycles. The van der Waals surface area contributed by atoms with E-state index in [9.17, 15) is 36.0 Å². The van der Waals surface area contributed by atoms with Crippen LogP contribution in [0.4, 0.5) is 18.9 Å². The molecule has 39 heavy (non-hydrogen) atoms. The largest absolute Gasteiger partial charge is 0.376 e. The maximum Gasteiger partial charge on any atom is 0.255 e. The van der Waals surface area contributed by atoms with Crippen LogP contribution in [0.15, 0.2) is 35.5 Å². The van der Waals surface area contributed by atoms with E-state index < -0.39 is 69.1 Å². The minimum absolute atomic E-state index is 0.00446. The molecule has 0 spiro atoms. The van der Waals surface area contributed by atoms with Crippen LogP contribution in [0, 0.1) is 11.8 Å². The molecule has 4 aliphatic rings. The van der Waals surface area contributed by atoms with Crippen LogP contribution < -0.4 is 16.0 Å². The van der Waals surface area contributed by atoms with Gasteiger partial charge in [0.05, 0.1) is 18.5 Å². The molecule has 0 aromatic heterocycles. The number of amides is 3. The minimum atomic E-state index is -4.25. The van der Waals surface area contributed by atoms with E-state index in [0.717, 1.165) is 4.90 Å². The Labute approximate surface area is 229 Å². The summed E-state index contributed by atoms with van der Waals surface area (Å²) in [6, 6.07) is 2.84. The molecule has 0 unspecified atom stereocenters. The van der Waals surface area contributed by atoms with Crippen LogP contribution in [0.2, 0.25) is 5.02 Å². The summed E-state index contributed by atoms with van der Waals surface area (Å²) in [6.45, 7) is 0.0795. The topological polar surface area (TPSA) is 125 Å². The second kappa shape index (κ2) is 11.4. The van der Waals surface area contributed by atoms with E-state index in [2.05, 4.69) is 16.0 Å². The van der Waals surface area contributed by atoms with Gasteiger partial charge in [0.25, 0.3) is 5.92 Å². The monoisotopic (exact) mass is 590 g/mol. The van der Waals surface area contributed by atoms with E-state index in [1.54, 1.807) is 24.3 Å². The highest BCUT2D eigenvalue weighted by Gasteiger charge is 2.60. The highest BCUT2D eigenvalue weighted by atomic mass is 35.5. The van der Waals surface area contributed by atoms with Gasteiger partial charge in [-0.05, 0) is 50.0 Å². The third-order valence-corrected chi connectivity index (χ3v) is 8.56. The van der Waals surface area contributed by atoms with Gasteiger partial charge >= 0.3 is 0 Å². The Morgan fingerprint density at radius 2 is 2.03 bits per heavy atom. The molecule has 3 amide bonds. The molecule has 3 heterocycles. The van der Waals surface area contributed by atoms with Crippen molar-refractivity contribution in [2.45, 2.75) is 56.2 Å². The molecule has 3 aliphatic heterocycles. The SMILES string of the molecule is CS(=O)(=O)/C(F)=C/[C@@H](C[C@@H]1CCNC1=O)NC(=O)[C@@H]1[C@@H]2CC[C@@H](CC2(F)F)N1C(=O)CNc1cccc(Cl)c1. The first-order chi connectivity index (χ1) is 18.3. The van der Waals surface area contributed by atoms with Crippen LogP contribution in [0.3, 0.4) is 0 Å². The van der Waals surface area contributed by atoms with Gasteiger partial charge in [-0.2, -0.15) is 4.39 Å². The minimum Gasteiger partial charge on any atom is -0.376 e. The Kier molecular flexibility index (Phi) is 8.50. The number of piperidine rings is 2. The molecule has 4 fully saturated rings. The summed E-state index contributed by atoms with van der Waals surface area (Å²) in [4.78, 5) is 40.1. The molecule has 1 aromatic rings. The summed E-state index contributed by atoms with van der Waals surface area (Å²) in [6.07, 6.45) is 1.27. The lowest BCUT2D eigenvalue weighted by Crippen LogP contribution is -2.69. The average molecular weight is 591 g/mol. The van der Waals surface area contributed by atoms with E-state index in [-0.39, 0.29) is 25.3 Å². The number of anilines is 1. The lowest BCUT2D eigenvalue weighted by Gasteiger charge is -2.53. The Morgan fingerprint density at radius 3 is 2.64 bits per heavy atom. The summed E-state index contributed by atoms with van der Waals surface area (Å²) in [7, 11) is -4.25. The van der Waals surface area contributed by atoms with Gasteiger partial charge in [-0.15, -0.1) is 0 Å². The lowest BCUT2D eigenvalue weighted by molar-refractivity contribution is -0.193. The quantitative estimate of drug-likeness (QED) is 0.406. The standard InChI is InChI=1S/C25H30ClF3N4O5S/c1-39(37,38)20(27)11-17(9-14-7-8-30-23(14)35)32-24(36)22-19-6-5-18(12-25(19,28)29)33(22)21(34)13-31-16-4-2-3-15(26)10-16/h2-4,10-11,14,17-19,22,31H,5-9,12-13H2,1H3,(H,30,35)(H,32,36)/b20-11+/t14-,17+,18-,19-,22-/m0/s1. The number of sulfone groups is 1. The molecule has 1 aromatic carbocycles. The molecule has 0 radical (unpaired) electrons. The maximum absolute atomic E-state index is 15.0. The third kappa shape index (κ3) is 6.68. The Bertz CT molecular complexity index is 1280. The second-order valence-corrected chi connectivity index (χ2v) is 12.7. The van der Waals surface area contributed by atoms with Gasteiger partial charge in [-0.1, -0.05) is 17.7 Å². The van der Waals surface area contributed by atoms with Crippen LogP contribution >= 0.6 is 11.6 Å². The van der Waals surface area contributed by atoms with Gasteiger partial charge in [0.2, 0.25) is 32.7 Å². The van der Waals surface area contributed by atoms with Gasteiger partial charge in [0, 0.05) is 41.9 Å². The Hall–Kier alpha value is -2.80. The van der Waals surface area contributed by atoms with Gasteiger partial charge in [-0.3, -0.25) is 14.4 Å². The third-order valence-electron chi connectivity index (χ3n) is 7.48. The van der Waals surface area contributed by atoms with Crippen LogP contribution in [-0.2, 0) is 24.2 Å². The van der Waals surface area contributed by atoms with Crippen molar-refractivity contribution in [1.82, 2.24) is 15.5 Å². The van der Waals surface area contributed by atoms with Crippen LogP contribution in [0.1, 0.15) is 32.1 Å². The zero-order chi connectivity index (χ0) is 28.5. The van der Waals surface area contributed by atoms with E-state index in [4.69, 9.17) is 11.6 Å². The number of hydrogen-bond donors (Lipinski definition) is 3. The van der Waals surface area contributed by atoms with Gasteiger partial charge in [-0.25, -0.2) is 17.2 Å². The first kappa shape index (κ1) is 29.2. The highest BCUT2D eigenvalue weighted by Crippen LogP contribution is 2.49. The number of nitrogens with one attached hydrogen (secondary N) is 3. The number of alkyl halides is 2. The van der Waals surface area contributed by atoms with Crippen LogP contribution in [0.5, 0.6) is 0 Å². The summed E-state index contributed by atoms with van der Waals surface area (Å²) in [5.41, 5.74) is 0.528. The molecule has 14 heteroatoms. The van der Waals surface area contributed by atoms with Gasteiger partial charge in [0.1, 0.15) is 6.04 Å². The van der Waals surface area contributed by atoms with Crippen LogP contribution in [0.25, 0.3) is 0 Å². The van der Waals surface area contributed by atoms with Gasteiger partial charge in [0.15, 0.2) is 0 Å².